The summed E-state index contributed by atoms with van der Waals surface area (Å²) in [6.07, 6.45) is 3.25. The second kappa shape index (κ2) is 7.35. The highest BCUT2D eigenvalue weighted by molar-refractivity contribution is 6.27. The second-order valence-electron chi connectivity index (χ2n) is 7.21. The number of carbonyl (C=O) groups is 3. The number of benzene rings is 2. The van der Waals surface area contributed by atoms with Gasteiger partial charge >= 0.3 is 0 Å². The summed E-state index contributed by atoms with van der Waals surface area (Å²) in [4.78, 5) is 41.9. The molecule has 2 unspecified atom stereocenters. The predicted molar refractivity (Wildman–Crippen MR) is 106 cm³/mol. The van der Waals surface area contributed by atoms with Crippen molar-refractivity contribution in [3.8, 4) is 11.3 Å². The molecule has 0 aliphatic carbocycles. The Bertz CT molecular complexity index is 1050. The predicted octanol–water partition coefficient (Wildman–Crippen LogP) is 2.60. The van der Waals surface area contributed by atoms with Crippen molar-refractivity contribution in [1.29, 1.82) is 0 Å². The van der Waals surface area contributed by atoms with Crippen LogP contribution in [0.4, 0.5) is 5.69 Å². The summed E-state index contributed by atoms with van der Waals surface area (Å²) in [5, 5.41) is 5.36. The average Bonchev–Trinajstić information content (AvgIpc) is 3.30. The number of nitrogens with zero attached hydrogens (tertiary/aromatic N) is 1. The molecule has 0 saturated carbocycles. The van der Waals surface area contributed by atoms with Crippen molar-refractivity contribution in [1.82, 2.24) is 10.3 Å². The van der Waals surface area contributed by atoms with Gasteiger partial charge in [-0.15, -0.1) is 0 Å². The maximum absolute atomic E-state index is 12.9. The number of carbonyl (C=O) groups excluding carboxylic acids is 3. The van der Waals surface area contributed by atoms with Crippen LogP contribution >= 0.6 is 0 Å². The zero-order valence-corrected chi connectivity index (χ0v) is 15.7. The van der Waals surface area contributed by atoms with Crippen molar-refractivity contribution in [2.75, 3.05) is 5.32 Å². The molecule has 1 aromatic heterocycles. The Morgan fingerprint density at radius 1 is 1.14 bits per heavy atom. The van der Waals surface area contributed by atoms with Gasteiger partial charge in [-0.1, -0.05) is 30.3 Å². The largest absolute Gasteiger partial charge is 0.444 e. The monoisotopic (exact) mass is 389 g/mol. The number of aromatic nitrogens is 1. The zero-order chi connectivity index (χ0) is 20.4. The van der Waals surface area contributed by atoms with Crippen molar-refractivity contribution in [2.24, 2.45) is 5.92 Å². The van der Waals surface area contributed by atoms with Crippen LogP contribution in [0.5, 0.6) is 0 Å². The van der Waals surface area contributed by atoms with Gasteiger partial charge in [0.15, 0.2) is 23.9 Å². The van der Waals surface area contributed by atoms with Crippen LogP contribution in [0.25, 0.3) is 11.3 Å². The Morgan fingerprint density at radius 2 is 1.86 bits per heavy atom. The normalized spacial score (nSPS) is 21.1. The van der Waals surface area contributed by atoms with E-state index in [0.29, 0.717) is 17.9 Å². The smallest absolute Gasteiger partial charge is 0.244 e. The molecular formula is C22H19N3O4. The van der Waals surface area contributed by atoms with Gasteiger partial charge < -0.3 is 15.1 Å². The topological polar surface area (TPSA) is 101 Å². The van der Waals surface area contributed by atoms with Crippen molar-refractivity contribution in [2.45, 2.75) is 18.9 Å². The highest BCUT2D eigenvalue weighted by Gasteiger charge is 2.52. The highest BCUT2D eigenvalue weighted by atomic mass is 16.3. The second-order valence-corrected chi connectivity index (χ2v) is 7.21. The lowest BCUT2D eigenvalue weighted by molar-refractivity contribution is -0.135. The summed E-state index contributed by atoms with van der Waals surface area (Å²) in [6.45, 7) is 1.65. The minimum absolute atomic E-state index is 0.327. The Balaban J connectivity index is 1.47. The minimum Gasteiger partial charge on any atom is -0.444 e. The number of nitrogens with one attached hydrogen (secondary N) is 2. The van der Waals surface area contributed by atoms with Crippen LogP contribution in [0.1, 0.15) is 12.5 Å². The van der Waals surface area contributed by atoms with E-state index in [9.17, 15) is 14.4 Å². The third-order valence-corrected chi connectivity index (χ3v) is 5.00. The van der Waals surface area contributed by atoms with Gasteiger partial charge in [0.2, 0.25) is 11.8 Å². The van der Waals surface area contributed by atoms with Crippen LogP contribution in [0.3, 0.4) is 0 Å². The van der Waals surface area contributed by atoms with Crippen molar-refractivity contribution >= 4 is 23.3 Å². The van der Waals surface area contributed by atoms with E-state index in [1.54, 1.807) is 37.4 Å². The van der Waals surface area contributed by atoms with Crippen LogP contribution in [-0.4, -0.2) is 28.1 Å². The van der Waals surface area contributed by atoms with Gasteiger partial charge in [0.25, 0.3) is 0 Å². The first-order valence-electron chi connectivity index (χ1n) is 9.16. The molecular weight excluding hydrogens is 370 g/mol. The van der Waals surface area contributed by atoms with Gasteiger partial charge in [-0.05, 0) is 36.8 Å². The number of hydrogen-bond acceptors (Lipinski definition) is 5. The molecule has 2 atom stereocenters. The maximum Gasteiger partial charge on any atom is 0.244 e. The van der Waals surface area contributed by atoms with Gasteiger partial charge in [-0.2, -0.15) is 0 Å². The molecule has 1 fully saturated rings. The molecule has 2 aromatic carbocycles. The summed E-state index contributed by atoms with van der Waals surface area (Å²) in [6, 6.07) is 16.2. The lowest BCUT2D eigenvalue weighted by Crippen LogP contribution is -2.45. The third kappa shape index (κ3) is 3.67. The highest BCUT2D eigenvalue weighted by Crippen LogP contribution is 2.27. The van der Waals surface area contributed by atoms with Gasteiger partial charge in [-0.25, -0.2) is 4.98 Å². The number of rotatable bonds is 5. The SMILES string of the molecule is CC1(Cc2ccccc2)NC(=O)C(C(=O)Nc2ccc(-c3cnco3)cc2)C1=O. The van der Waals surface area contributed by atoms with Gasteiger partial charge in [0.05, 0.1) is 6.20 Å². The Labute approximate surface area is 167 Å². The molecule has 1 saturated heterocycles. The fourth-order valence-electron chi connectivity index (χ4n) is 3.51. The Kier molecular flexibility index (Phi) is 4.72. The Hall–Kier alpha value is -3.74. The molecule has 2 N–H and O–H groups in total. The van der Waals surface area contributed by atoms with Crippen molar-refractivity contribution < 1.29 is 18.8 Å². The molecule has 1 aliphatic heterocycles. The van der Waals surface area contributed by atoms with E-state index in [1.165, 1.54) is 6.39 Å². The summed E-state index contributed by atoms with van der Waals surface area (Å²) >= 11 is 0. The molecule has 4 rings (SSSR count). The summed E-state index contributed by atoms with van der Waals surface area (Å²) in [5.74, 6) is -2.43. The van der Waals surface area contributed by atoms with Crippen LogP contribution in [0, 0.1) is 5.92 Å². The molecule has 7 nitrogen and oxygen atoms in total. The standard InChI is InChI=1S/C22H19N3O4/c1-22(11-14-5-3-2-4-6-14)19(26)18(21(28)25-22)20(27)24-16-9-7-15(8-10-16)17-12-23-13-29-17/h2-10,12-13,18H,11H2,1H3,(H,24,27)(H,25,28). The van der Waals surface area contributed by atoms with E-state index in [0.717, 1.165) is 11.1 Å². The molecule has 2 amide bonds. The van der Waals surface area contributed by atoms with E-state index in [1.807, 2.05) is 30.3 Å². The van der Waals surface area contributed by atoms with E-state index < -0.39 is 29.1 Å². The number of amides is 2. The average molecular weight is 389 g/mol. The number of oxazole rings is 1. The molecule has 0 bridgehead atoms. The van der Waals surface area contributed by atoms with Crippen LogP contribution in [0.2, 0.25) is 0 Å². The molecule has 29 heavy (non-hydrogen) atoms. The zero-order valence-electron chi connectivity index (χ0n) is 15.7. The first-order valence-corrected chi connectivity index (χ1v) is 9.16. The molecule has 3 aromatic rings. The fourth-order valence-corrected chi connectivity index (χ4v) is 3.51. The fraction of sp³-hybridized carbons (Fsp3) is 0.182. The number of Topliss-reactive ketones (excluding diaryl/α,β-unsaturated/α-hetero) is 1. The van der Waals surface area contributed by atoms with E-state index in [2.05, 4.69) is 15.6 Å². The maximum atomic E-state index is 12.9. The van der Waals surface area contributed by atoms with Crippen molar-refractivity contribution in [3.05, 3.63) is 72.8 Å². The lowest BCUT2D eigenvalue weighted by atomic mass is 9.86. The molecule has 0 spiro atoms. The molecule has 146 valence electrons. The van der Waals surface area contributed by atoms with Crippen LogP contribution in [-0.2, 0) is 20.8 Å². The van der Waals surface area contributed by atoms with E-state index in [-0.39, 0.29) is 0 Å². The van der Waals surface area contributed by atoms with Crippen LogP contribution < -0.4 is 10.6 Å². The summed E-state index contributed by atoms with van der Waals surface area (Å²) < 4.78 is 5.23. The first kappa shape index (κ1) is 18.6. The van der Waals surface area contributed by atoms with Gasteiger partial charge in [0.1, 0.15) is 5.54 Å². The van der Waals surface area contributed by atoms with E-state index in [4.69, 9.17) is 4.42 Å². The van der Waals surface area contributed by atoms with Gasteiger partial charge in [-0.3, -0.25) is 14.4 Å². The number of anilines is 1. The summed E-state index contributed by atoms with van der Waals surface area (Å²) in [7, 11) is 0. The first-order chi connectivity index (χ1) is 14.0. The lowest BCUT2D eigenvalue weighted by Gasteiger charge is -2.22. The van der Waals surface area contributed by atoms with Crippen molar-refractivity contribution in [3.63, 3.8) is 0 Å². The molecule has 2 heterocycles. The van der Waals surface area contributed by atoms with Gasteiger partial charge in [0, 0.05) is 17.7 Å². The molecule has 0 radical (unpaired) electrons. The quantitative estimate of drug-likeness (QED) is 0.653. The third-order valence-electron chi connectivity index (χ3n) is 5.00. The van der Waals surface area contributed by atoms with E-state index >= 15 is 0 Å². The molecule has 7 heteroatoms. The molecule has 1 aliphatic rings. The minimum atomic E-state index is -1.38. The van der Waals surface area contributed by atoms with Crippen LogP contribution in [0.15, 0.2) is 71.6 Å². The Morgan fingerprint density at radius 3 is 2.52 bits per heavy atom. The summed E-state index contributed by atoms with van der Waals surface area (Å²) in [5.41, 5.74) is 1.07. The number of ketones is 1. The number of hydrogen-bond donors (Lipinski definition) is 2.